The molecule has 0 aromatic rings. The molecule has 1 N–H and O–H groups in total. The SMILES string of the molecule is CCOC(=O)CN(CCOC)C(=O)[C@@H]1C[C@@H]1C(=O)O. The van der Waals surface area contributed by atoms with Gasteiger partial charge in [0.05, 0.1) is 25.0 Å². The van der Waals surface area contributed by atoms with Crippen LogP contribution in [0.2, 0.25) is 0 Å². The standard InChI is InChI=1S/C12H19NO6/c1-3-19-10(14)7-13(4-5-18-2)11(15)8-6-9(8)12(16)17/h8-9H,3-7H2,1-2H3,(H,16,17)/t8-,9+/m1/s1. The number of carboxylic acid groups (broad SMARTS) is 1. The predicted molar refractivity (Wildman–Crippen MR) is 64.3 cm³/mol. The summed E-state index contributed by atoms with van der Waals surface area (Å²) in [5.74, 6) is -2.94. The van der Waals surface area contributed by atoms with Crippen molar-refractivity contribution in [1.82, 2.24) is 4.90 Å². The molecule has 1 aliphatic carbocycles. The molecule has 7 heteroatoms. The summed E-state index contributed by atoms with van der Waals surface area (Å²) >= 11 is 0. The lowest BCUT2D eigenvalue weighted by Crippen LogP contribution is -2.40. The highest BCUT2D eigenvalue weighted by molar-refractivity contribution is 5.91. The zero-order chi connectivity index (χ0) is 14.4. The van der Waals surface area contributed by atoms with E-state index in [1.165, 1.54) is 12.0 Å². The average molecular weight is 273 g/mol. The van der Waals surface area contributed by atoms with Crippen LogP contribution in [0.15, 0.2) is 0 Å². The van der Waals surface area contributed by atoms with Gasteiger partial charge in [-0.2, -0.15) is 0 Å². The number of rotatable bonds is 8. The number of esters is 1. The Kier molecular flexibility index (Phi) is 5.75. The molecule has 0 saturated heterocycles. The van der Waals surface area contributed by atoms with Gasteiger partial charge in [-0.3, -0.25) is 14.4 Å². The number of ether oxygens (including phenoxy) is 2. The van der Waals surface area contributed by atoms with E-state index >= 15 is 0 Å². The molecule has 0 radical (unpaired) electrons. The number of amides is 1. The van der Waals surface area contributed by atoms with Crippen molar-refractivity contribution in [3.05, 3.63) is 0 Å². The number of carbonyl (C=O) groups is 3. The molecule has 1 rings (SSSR count). The molecular weight excluding hydrogens is 254 g/mol. The van der Waals surface area contributed by atoms with Gasteiger partial charge in [-0.25, -0.2) is 0 Å². The Labute approximate surface area is 111 Å². The Bertz CT molecular complexity index is 356. The minimum absolute atomic E-state index is 0.168. The van der Waals surface area contributed by atoms with Gasteiger partial charge in [0.25, 0.3) is 0 Å². The van der Waals surface area contributed by atoms with Crippen LogP contribution in [0.5, 0.6) is 0 Å². The largest absolute Gasteiger partial charge is 0.481 e. The maximum atomic E-state index is 12.1. The van der Waals surface area contributed by atoms with Crippen molar-refractivity contribution in [2.75, 3.05) is 33.4 Å². The number of hydrogen-bond donors (Lipinski definition) is 1. The molecule has 1 amide bonds. The lowest BCUT2D eigenvalue weighted by atomic mass is 10.2. The quantitative estimate of drug-likeness (QED) is 0.613. The normalized spacial score (nSPS) is 20.7. The molecule has 1 aliphatic rings. The first-order chi connectivity index (χ1) is 9.01. The van der Waals surface area contributed by atoms with Gasteiger partial charge in [0.1, 0.15) is 6.54 Å². The second kappa shape index (κ2) is 7.08. The molecular formula is C12H19NO6. The summed E-state index contributed by atoms with van der Waals surface area (Å²) in [6, 6.07) is 0. The van der Waals surface area contributed by atoms with Crippen LogP contribution >= 0.6 is 0 Å². The van der Waals surface area contributed by atoms with Gasteiger partial charge in [0.2, 0.25) is 5.91 Å². The summed E-state index contributed by atoms with van der Waals surface area (Å²) in [6.07, 6.45) is 0.334. The third-order valence-corrected chi connectivity index (χ3v) is 2.93. The van der Waals surface area contributed by atoms with Crippen LogP contribution in [0.1, 0.15) is 13.3 Å². The van der Waals surface area contributed by atoms with Crippen molar-refractivity contribution in [1.29, 1.82) is 0 Å². The van der Waals surface area contributed by atoms with E-state index in [0.29, 0.717) is 6.42 Å². The second-order valence-corrected chi connectivity index (χ2v) is 4.34. The Morgan fingerprint density at radius 2 is 2.00 bits per heavy atom. The first-order valence-electron chi connectivity index (χ1n) is 6.17. The maximum Gasteiger partial charge on any atom is 0.325 e. The van der Waals surface area contributed by atoms with Gasteiger partial charge in [-0.15, -0.1) is 0 Å². The third-order valence-electron chi connectivity index (χ3n) is 2.93. The van der Waals surface area contributed by atoms with Crippen LogP contribution in [0.3, 0.4) is 0 Å². The molecule has 0 spiro atoms. The summed E-state index contributed by atoms with van der Waals surface area (Å²) in [6.45, 7) is 2.29. The van der Waals surface area contributed by atoms with E-state index in [1.807, 2.05) is 0 Å². The number of carbonyl (C=O) groups excluding carboxylic acids is 2. The van der Waals surface area contributed by atoms with Crippen LogP contribution in [-0.4, -0.2) is 61.3 Å². The van der Waals surface area contributed by atoms with Gasteiger partial charge < -0.3 is 19.5 Å². The first kappa shape index (κ1) is 15.4. The van der Waals surface area contributed by atoms with Crippen molar-refractivity contribution < 1.29 is 29.0 Å². The molecule has 0 aliphatic heterocycles. The lowest BCUT2D eigenvalue weighted by Gasteiger charge is -2.21. The first-order valence-corrected chi connectivity index (χ1v) is 6.17. The molecule has 0 bridgehead atoms. The summed E-state index contributed by atoms with van der Waals surface area (Å²) in [7, 11) is 1.49. The molecule has 0 heterocycles. The van der Waals surface area contributed by atoms with E-state index in [-0.39, 0.29) is 32.2 Å². The van der Waals surface area contributed by atoms with Crippen molar-refractivity contribution in [3.63, 3.8) is 0 Å². The topological polar surface area (TPSA) is 93.1 Å². The Morgan fingerprint density at radius 1 is 1.32 bits per heavy atom. The summed E-state index contributed by atoms with van der Waals surface area (Å²) in [5, 5.41) is 8.81. The van der Waals surface area contributed by atoms with Crippen LogP contribution in [0.4, 0.5) is 0 Å². The summed E-state index contributed by atoms with van der Waals surface area (Å²) < 4.78 is 9.66. The molecule has 0 aromatic carbocycles. The van der Waals surface area contributed by atoms with Gasteiger partial charge in [-0.05, 0) is 13.3 Å². The van der Waals surface area contributed by atoms with E-state index in [4.69, 9.17) is 14.6 Å². The van der Waals surface area contributed by atoms with Crippen molar-refractivity contribution >= 4 is 17.8 Å². The molecule has 0 unspecified atom stereocenters. The minimum atomic E-state index is -0.971. The molecule has 7 nitrogen and oxygen atoms in total. The zero-order valence-corrected chi connectivity index (χ0v) is 11.1. The Morgan fingerprint density at radius 3 is 2.47 bits per heavy atom. The fourth-order valence-electron chi connectivity index (χ4n) is 1.81. The molecule has 2 atom stereocenters. The smallest absolute Gasteiger partial charge is 0.325 e. The second-order valence-electron chi connectivity index (χ2n) is 4.34. The number of methoxy groups -OCH3 is 1. The van der Waals surface area contributed by atoms with E-state index in [0.717, 1.165) is 0 Å². The molecule has 19 heavy (non-hydrogen) atoms. The summed E-state index contributed by atoms with van der Waals surface area (Å²) in [5.41, 5.74) is 0. The van der Waals surface area contributed by atoms with Crippen molar-refractivity contribution in [2.24, 2.45) is 11.8 Å². The van der Waals surface area contributed by atoms with E-state index < -0.39 is 23.8 Å². The molecule has 108 valence electrons. The molecule has 1 saturated carbocycles. The van der Waals surface area contributed by atoms with Gasteiger partial charge >= 0.3 is 11.9 Å². The fraction of sp³-hybridized carbons (Fsp3) is 0.750. The van der Waals surface area contributed by atoms with E-state index in [9.17, 15) is 14.4 Å². The fourth-order valence-corrected chi connectivity index (χ4v) is 1.81. The van der Waals surface area contributed by atoms with Crippen LogP contribution < -0.4 is 0 Å². The molecule has 1 fully saturated rings. The third kappa shape index (κ3) is 4.51. The van der Waals surface area contributed by atoms with Crippen LogP contribution in [0.25, 0.3) is 0 Å². The Balaban J connectivity index is 2.55. The minimum Gasteiger partial charge on any atom is -0.481 e. The number of aliphatic carboxylic acids is 1. The Hall–Kier alpha value is -1.63. The van der Waals surface area contributed by atoms with E-state index in [2.05, 4.69) is 0 Å². The highest BCUT2D eigenvalue weighted by Gasteiger charge is 2.49. The predicted octanol–water partition coefficient (Wildman–Crippen LogP) is -0.255. The number of nitrogens with zero attached hydrogens (tertiary/aromatic N) is 1. The lowest BCUT2D eigenvalue weighted by molar-refractivity contribution is -0.150. The highest BCUT2D eigenvalue weighted by atomic mass is 16.5. The van der Waals surface area contributed by atoms with Crippen LogP contribution in [0, 0.1) is 11.8 Å². The van der Waals surface area contributed by atoms with Gasteiger partial charge in [0, 0.05) is 13.7 Å². The monoisotopic (exact) mass is 273 g/mol. The maximum absolute atomic E-state index is 12.1. The average Bonchev–Trinajstić information content (AvgIpc) is 3.14. The zero-order valence-electron chi connectivity index (χ0n) is 11.1. The number of hydrogen-bond acceptors (Lipinski definition) is 5. The van der Waals surface area contributed by atoms with Crippen LogP contribution in [-0.2, 0) is 23.9 Å². The summed E-state index contributed by atoms with van der Waals surface area (Å²) in [4.78, 5) is 35.5. The highest BCUT2D eigenvalue weighted by Crippen LogP contribution is 2.40. The van der Waals surface area contributed by atoms with E-state index in [1.54, 1.807) is 6.92 Å². The molecule has 0 aromatic heterocycles. The number of carboxylic acids is 1. The van der Waals surface area contributed by atoms with Gasteiger partial charge in [-0.1, -0.05) is 0 Å². The van der Waals surface area contributed by atoms with Crippen molar-refractivity contribution in [3.8, 4) is 0 Å². The van der Waals surface area contributed by atoms with Crippen molar-refractivity contribution in [2.45, 2.75) is 13.3 Å². The van der Waals surface area contributed by atoms with Gasteiger partial charge in [0.15, 0.2) is 0 Å².